The third kappa shape index (κ3) is 3.68. The number of amides is 1. The zero-order chi connectivity index (χ0) is 15.6. The van der Waals surface area contributed by atoms with Crippen molar-refractivity contribution in [2.24, 2.45) is 5.92 Å². The summed E-state index contributed by atoms with van der Waals surface area (Å²) in [6.07, 6.45) is -1.71. The van der Waals surface area contributed by atoms with E-state index in [-0.39, 0.29) is 11.3 Å². The van der Waals surface area contributed by atoms with Crippen LogP contribution in [0.1, 0.15) is 42.1 Å². The summed E-state index contributed by atoms with van der Waals surface area (Å²) in [6, 6.07) is 2.90. The van der Waals surface area contributed by atoms with Crippen LogP contribution in [0.5, 0.6) is 0 Å². The lowest BCUT2D eigenvalue weighted by atomic mass is 10.0. The van der Waals surface area contributed by atoms with Gasteiger partial charge in [-0.2, -0.15) is 13.2 Å². The molecule has 1 aromatic rings. The van der Waals surface area contributed by atoms with Gasteiger partial charge in [0, 0.05) is 18.8 Å². The third-order valence-corrected chi connectivity index (χ3v) is 3.92. The van der Waals surface area contributed by atoms with Gasteiger partial charge in [-0.1, -0.05) is 6.92 Å². The first kappa shape index (κ1) is 15.7. The molecular weight excluding hydrogens is 281 g/mol. The van der Waals surface area contributed by atoms with Crippen LogP contribution in [0, 0.1) is 5.92 Å². The SMILES string of the molecule is CC1CCCN(C(=O)c2cc(C(F)(F)F)ccc2N)CC1. The van der Waals surface area contributed by atoms with Crippen molar-refractivity contribution >= 4 is 11.6 Å². The van der Waals surface area contributed by atoms with E-state index in [1.165, 1.54) is 0 Å². The number of likely N-dealkylation sites (tertiary alicyclic amines) is 1. The highest BCUT2D eigenvalue weighted by molar-refractivity contribution is 5.99. The topological polar surface area (TPSA) is 46.3 Å². The molecule has 0 bridgehead atoms. The second kappa shape index (κ2) is 5.95. The molecule has 0 radical (unpaired) electrons. The summed E-state index contributed by atoms with van der Waals surface area (Å²) < 4.78 is 38.3. The minimum atomic E-state index is -4.48. The monoisotopic (exact) mass is 300 g/mol. The molecule has 3 nitrogen and oxygen atoms in total. The summed E-state index contributed by atoms with van der Waals surface area (Å²) in [4.78, 5) is 14.0. The molecule has 1 unspecified atom stereocenters. The van der Waals surface area contributed by atoms with Crippen LogP contribution in [0.25, 0.3) is 0 Å². The minimum Gasteiger partial charge on any atom is -0.398 e. The van der Waals surface area contributed by atoms with Gasteiger partial charge in [0.15, 0.2) is 0 Å². The number of nitrogens with zero attached hydrogens (tertiary/aromatic N) is 1. The molecule has 0 spiro atoms. The van der Waals surface area contributed by atoms with Crippen LogP contribution in [0.15, 0.2) is 18.2 Å². The van der Waals surface area contributed by atoms with E-state index in [1.807, 2.05) is 0 Å². The number of rotatable bonds is 1. The van der Waals surface area contributed by atoms with E-state index in [1.54, 1.807) is 4.90 Å². The zero-order valence-corrected chi connectivity index (χ0v) is 11.9. The Labute approximate surface area is 121 Å². The van der Waals surface area contributed by atoms with Gasteiger partial charge in [0.05, 0.1) is 11.1 Å². The van der Waals surface area contributed by atoms with Crippen LogP contribution in [-0.2, 0) is 6.18 Å². The van der Waals surface area contributed by atoms with Crippen molar-refractivity contribution in [1.29, 1.82) is 0 Å². The summed E-state index contributed by atoms with van der Waals surface area (Å²) in [5.74, 6) is 0.120. The number of nitrogen functional groups attached to an aromatic ring is 1. The Balaban J connectivity index is 2.26. The Morgan fingerprint density at radius 1 is 1.29 bits per heavy atom. The number of nitrogens with two attached hydrogens (primary N) is 1. The van der Waals surface area contributed by atoms with Gasteiger partial charge in [-0.05, 0) is 43.4 Å². The van der Waals surface area contributed by atoms with Gasteiger partial charge in [-0.15, -0.1) is 0 Å². The van der Waals surface area contributed by atoms with Gasteiger partial charge in [0.2, 0.25) is 0 Å². The molecule has 116 valence electrons. The normalized spacial score (nSPS) is 20.2. The minimum absolute atomic E-state index is 0.0561. The first-order chi connectivity index (χ1) is 9.79. The molecule has 0 aromatic heterocycles. The molecule has 6 heteroatoms. The maximum absolute atomic E-state index is 12.8. The largest absolute Gasteiger partial charge is 0.416 e. The lowest BCUT2D eigenvalue weighted by molar-refractivity contribution is -0.137. The quantitative estimate of drug-likeness (QED) is 0.806. The van der Waals surface area contributed by atoms with Gasteiger partial charge in [-0.3, -0.25) is 4.79 Å². The number of anilines is 1. The summed E-state index contributed by atoms with van der Waals surface area (Å²) >= 11 is 0. The van der Waals surface area contributed by atoms with E-state index in [0.29, 0.717) is 19.0 Å². The van der Waals surface area contributed by atoms with Gasteiger partial charge in [0.1, 0.15) is 0 Å². The van der Waals surface area contributed by atoms with Crippen molar-refractivity contribution in [3.63, 3.8) is 0 Å². The van der Waals surface area contributed by atoms with E-state index >= 15 is 0 Å². The van der Waals surface area contributed by atoms with Crippen LogP contribution in [-0.4, -0.2) is 23.9 Å². The first-order valence-corrected chi connectivity index (χ1v) is 7.05. The molecule has 1 heterocycles. The summed E-state index contributed by atoms with van der Waals surface area (Å²) in [6.45, 7) is 3.25. The van der Waals surface area contributed by atoms with Gasteiger partial charge < -0.3 is 10.6 Å². The van der Waals surface area contributed by atoms with Crippen LogP contribution in [0.3, 0.4) is 0 Å². The molecule has 1 aromatic carbocycles. The van der Waals surface area contributed by atoms with E-state index in [9.17, 15) is 18.0 Å². The van der Waals surface area contributed by atoms with Crippen LogP contribution >= 0.6 is 0 Å². The van der Waals surface area contributed by atoms with Crippen molar-refractivity contribution < 1.29 is 18.0 Å². The number of carbonyl (C=O) groups is 1. The average Bonchev–Trinajstić information content (AvgIpc) is 2.62. The Morgan fingerprint density at radius 3 is 2.67 bits per heavy atom. The van der Waals surface area contributed by atoms with E-state index in [2.05, 4.69) is 6.92 Å². The number of benzene rings is 1. The number of carbonyl (C=O) groups excluding carboxylic acids is 1. The Hall–Kier alpha value is -1.72. The number of halogens is 3. The molecule has 2 rings (SSSR count). The van der Waals surface area contributed by atoms with Crippen molar-refractivity contribution in [2.45, 2.75) is 32.4 Å². The lowest BCUT2D eigenvalue weighted by Crippen LogP contribution is -2.32. The van der Waals surface area contributed by atoms with E-state index in [0.717, 1.165) is 37.5 Å². The molecule has 1 aliphatic heterocycles. The molecule has 2 N–H and O–H groups in total. The number of alkyl halides is 3. The predicted molar refractivity (Wildman–Crippen MR) is 74.8 cm³/mol. The first-order valence-electron chi connectivity index (χ1n) is 7.05. The third-order valence-electron chi connectivity index (χ3n) is 3.92. The number of hydrogen-bond donors (Lipinski definition) is 1. The Bertz CT molecular complexity index is 528. The van der Waals surface area contributed by atoms with E-state index in [4.69, 9.17) is 5.73 Å². The second-order valence-corrected chi connectivity index (χ2v) is 5.63. The fraction of sp³-hybridized carbons (Fsp3) is 0.533. The predicted octanol–water partition coefficient (Wildman–Crippen LogP) is 3.55. The van der Waals surface area contributed by atoms with Crippen molar-refractivity contribution in [3.05, 3.63) is 29.3 Å². The second-order valence-electron chi connectivity index (χ2n) is 5.63. The summed E-state index contributed by atoms with van der Waals surface area (Å²) in [7, 11) is 0. The molecule has 1 saturated heterocycles. The summed E-state index contributed by atoms with van der Waals surface area (Å²) in [5.41, 5.74) is 4.88. The van der Waals surface area contributed by atoms with Crippen LogP contribution < -0.4 is 5.73 Å². The van der Waals surface area contributed by atoms with Gasteiger partial charge >= 0.3 is 6.18 Å². The van der Waals surface area contributed by atoms with Crippen molar-refractivity contribution in [2.75, 3.05) is 18.8 Å². The molecule has 21 heavy (non-hydrogen) atoms. The highest BCUT2D eigenvalue weighted by Crippen LogP contribution is 2.31. The highest BCUT2D eigenvalue weighted by Gasteiger charge is 2.32. The fourth-order valence-electron chi connectivity index (χ4n) is 2.55. The number of hydrogen-bond acceptors (Lipinski definition) is 2. The molecule has 1 fully saturated rings. The molecule has 1 amide bonds. The van der Waals surface area contributed by atoms with Crippen LogP contribution in [0.4, 0.5) is 18.9 Å². The van der Waals surface area contributed by atoms with Crippen molar-refractivity contribution in [1.82, 2.24) is 4.90 Å². The van der Waals surface area contributed by atoms with Crippen LogP contribution in [0.2, 0.25) is 0 Å². The molecule has 1 aliphatic rings. The molecule has 1 atom stereocenters. The molecule has 0 aliphatic carbocycles. The smallest absolute Gasteiger partial charge is 0.398 e. The van der Waals surface area contributed by atoms with E-state index < -0.39 is 17.6 Å². The average molecular weight is 300 g/mol. The summed E-state index contributed by atoms with van der Waals surface area (Å²) in [5, 5.41) is 0. The Morgan fingerprint density at radius 2 is 2.00 bits per heavy atom. The molecule has 0 saturated carbocycles. The van der Waals surface area contributed by atoms with Gasteiger partial charge in [-0.25, -0.2) is 0 Å². The maximum atomic E-state index is 12.8. The fourth-order valence-corrected chi connectivity index (χ4v) is 2.55. The maximum Gasteiger partial charge on any atom is 0.416 e. The van der Waals surface area contributed by atoms with Gasteiger partial charge in [0.25, 0.3) is 5.91 Å². The Kier molecular flexibility index (Phi) is 4.44. The lowest BCUT2D eigenvalue weighted by Gasteiger charge is -2.22. The highest BCUT2D eigenvalue weighted by atomic mass is 19.4. The van der Waals surface area contributed by atoms with Crippen molar-refractivity contribution in [3.8, 4) is 0 Å². The molecular formula is C15H19F3N2O. The zero-order valence-electron chi connectivity index (χ0n) is 11.9. The standard InChI is InChI=1S/C15H19F3N2O/c1-10-3-2-7-20(8-6-10)14(21)12-9-11(15(16,17)18)4-5-13(12)19/h4-5,9-10H,2-3,6-8,19H2,1H3.